The summed E-state index contributed by atoms with van der Waals surface area (Å²) in [6.07, 6.45) is 1.79. The minimum absolute atomic E-state index is 0.0947. The first-order valence-electron chi connectivity index (χ1n) is 5.76. The molecule has 0 atom stereocenters. The Labute approximate surface area is 106 Å². The van der Waals surface area contributed by atoms with Gasteiger partial charge in [-0.15, -0.1) is 0 Å². The van der Waals surface area contributed by atoms with E-state index in [1.807, 2.05) is 54.6 Å². The molecule has 0 aromatic heterocycles. The Bertz CT molecular complexity index is 494. The lowest BCUT2D eigenvalue weighted by molar-refractivity contribution is 0.273. The summed E-state index contributed by atoms with van der Waals surface area (Å²) in [7, 11) is 0. The van der Waals surface area contributed by atoms with Crippen molar-refractivity contribution in [3.8, 4) is 5.75 Å². The van der Waals surface area contributed by atoms with E-state index in [0.717, 1.165) is 11.3 Å². The molecule has 0 aliphatic rings. The van der Waals surface area contributed by atoms with E-state index >= 15 is 0 Å². The van der Waals surface area contributed by atoms with Crippen LogP contribution < -0.4 is 4.74 Å². The fraction of sp³-hybridized carbons (Fsp3) is 0.133. The average molecular weight is 243 g/mol. The van der Waals surface area contributed by atoms with Gasteiger partial charge in [-0.25, -0.2) is 4.39 Å². The lowest BCUT2D eigenvalue weighted by Gasteiger charge is -2.02. The van der Waals surface area contributed by atoms with Gasteiger partial charge in [0.2, 0.25) is 0 Å². The number of halogens is 1. The van der Waals surface area contributed by atoms with E-state index in [4.69, 9.17) is 4.74 Å². The van der Waals surface area contributed by atoms with E-state index < -0.39 is 6.67 Å². The Balaban J connectivity index is 2.00. The van der Waals surface area contributed by atoms with Crippen molar-refractivity contribution >= 4 is 11.9 Å². The van der Waals surface area contributed by atoms with Crippen LogP contribution in [0.5, 0.6) is 5.75 Å². The predicted octanol–water partition coefficient (Wildman–Crippen LogP) is 3.79. The van der Waals surface area contributed by atoms with Crippen LogP contribution in [0.2, 0.25) is 0 Å². The summed E-state index contributed by atoms with van der Waals surface area (Å²) in [5.74, 6) is 0.671. The molecular weight excluding hydrogens is 229 g/mol. The van der Waals surface area contributed by atoms with Crippen LogP contribution in [0, 0.1) is 0 Å². The molecule has 0 spiro atoms. The van der Waals surface area contributed by atoms with Crippen molar-refractivity contribution < 1.29 is 9.13 Å². The van der Waals surface area contributed by atoms with Crippen LogP contribution >= 0.6 is 0 Å². The summed E-state index contributed by atoms with van der Waals surface area (Å²) in [6.45, 7) is -0.380. The van der Waals surface area contributed by atoms with Crippen molar-refractivity contribution in [2.24, 2.45) is 4.99 Å². The predicted molar refractivity (Wildman–Crippen MR) is 71.6 cm³/mol. The molecule has 0 amide bonds. The normalized spacial score (nSPS) is 10.7. The zero-order chi connectivity index (χ0) is 12.6. The highest BCUT2D eigenvalue weighted by Gasteiger charge is 1.93. The summed E-state index contributed by atoms with van der Waals surface area (Å²) in [6, 6.07) is 17.1. The van der Waals surface area contributed by atoms with Gasteiger partial charge >= 0.3 is 0 Å². The largest absolute Gasteiger partial charge is 0.491 e. The van der Waals surface area contributed by atoms with Gasteiger partial charge in [-0.1, -0.05) is 18.2 Å². The Morgan fingerprint density at radius 2 is 1.72 bits per heavy atom. The molecular formula is C15H14FNO. The van der Waals surface area contributed by atoms with Gasteiger partial charge in [-0.3, -0.25) is 4.99 Å². The molecule has 18 heavy (non-hydrogen) atoms. The van der Waals surface area contributed by atoms with Crippen molar-refractivity contribution in [2.45, 2.75) is 0 Å². The van der Waals surface area contributed by atoms with Crippen molar-refractivity contribution in [1.82, 2.24) is 0 Å². The SMILES string of the molecule is FCCOc1ccc(C=Nc2ccccc2)cc1. The zero-order valence-corrected chi connectivity index (χ0v) is 9.92. The van der Waals surface area contributed by atoms with Crippen LogP contribution in [0.25, 0.3) is 0 Å². The lowest BCUT2D eigenvalue weighted by Crippen LogP contribution is -1.98. The van der Waals surface area contributed by atoms with Crippen molar-refractivity contribution in [3.05, 3.63) is 60.2 Å². The molecule has 0 fully saturated rings. The minimum Gasteiger partial charge on any atom is -0.491 e. The first-order valence-corrected chi connectivity index (χ1v) is 5.76. The maximum atomic E-state index is 11.9. The molecule has 0 heterocycles. The molecule has 2 rings (SSSR count). The molecule has 0 saturated carbocycles. The molecule has 2 aromatic rings. The summed E-state index contributed by atoms with van der Waals surface area (Å²) in [4.78, 5) is 4.34. The minimum atomic E-state index is -0.475. The quantitative estimate of drug-likeness (QED) is 0.732. The molecule has 3 heteroatoms. The molecule has 0 N–H and O–H groups in total. The lowest BCUT2D eigenvalue weighted by atomic mass is 10.2. The summed E-state index contributed by atoms with van der Waals surface area (Å²) < 4.78 is 17.1. The molecule has 0 radical (unpaired) electrons. The molecule has 2 nitrogen and oxygen atoms in total. The number of hydrogen-bond acceptors (Lipinski definition) is 2. The molecule has 2 aromatic carbocycles. The number of nitrogens with zero attached hydrogens (tertiary/aromatic N) is 1. The summed E-state index contributed by atoms with van der Waals surface area (Å²) in [5.41, 5.74) is 1.89. The van der Waals surface area contributed by atoms with E-state index in [1.165, 1.54) is 0 Å². The molecule has 0 aliphatic carbocycles. The standard InChI is InChI=1S/C15H14FNO/c16-10-11-18-15-8-6-13(7-9-15)12-17-14-4-2-1-3-5-14/h1-9,12H,10-11H2. The second kappa shape index (κ2) is 6.55. The van der Waals surface area contributed by atoms with Gasteiger partial charge in [0, 0.05) is 6.21 Å². The number of aliphatic imine (C=N–C) groups is 1. The third kappa shape index (κ3) is 3.70. The van der Waals surface area contributed by atoms with Crippen LogP contribution in [-0.2, 0) is 0 Å². The molecule has 92 valence electrons. The Hall–Kier alpha value is -2.16. The summed E-state index contributed by atoms with van der Waals surface area (Å²) in [5, 5.41) is 0. The third-order valence-electron chi connectivity index (χ3n) is 2.34. The number of ether oxygens (including phenoxy) is 1. The number of hydrogen-bond donors (Lipinski definition) is 0. The molecule has 0 saturated heterocycles. The van der Waals surface area contributed by atoms with E-state index in [2.05, 4.69) is 4.99 Å². The van der Waals surface area contributed by atoms with Gasteiger partial charge in [0.05, 0.1) is 5.69 Å². The van der Waals surface area contributed by atoms with Crippen molar-refractivity contribution in [1.29, 1.82) is 0 Å². The maximum Gasteiger partial charge on any atom is 0.123 e. The molecule has 0 unspecified atom stereocenters. The van der Waals surface area contributed by atoms with E-state index in [9.17, 15) is 4.39 Å². The molecule has 0 bridgehead atoms. The second-order valence-corrected chi connectivity index (χ2v) is 3.70. The van der Waals surface area contributed by atoms with Crippen molar-refractivity contribution in [3.63, 3.8) is 0 Å². The van der Waals surface area contributed by atoms with Crippen LogP contribution in [0.3, 0.4) is 0 Å². The van der Waals surface area contributed by atoms with Crippen LogP contribution in [0.4, 0.5) is 10.1 Å². The van der Waals surface area contributed by atoms with Gasteiger partial charge in [-0.05, 0) is 42.0 Å². The number of rotatable bonds is 5. The van der Waals surface area contributed by atoms with Gasteiger partial charge in [0.15, 0.2) is 0 Å². The number of alkyl halides is 1. The maximum absolute atomic E-state index is 11.9. The monoisotopic (exact) mass is 243 g/mol. The smallest absolute Gasteiger partial charge is 0.123 e. The van der Waals surface area contributed by atoms with E-state index in [0.29, 0.717) is 5.75 Å². The van der Waals surface area contributed by atoms with Crippen LogP contribution in [0.15, 0.2) is 59.6 Å². The average Bonchev–Trinajstić information content (AvgIpc) is 2.45. The van der Waals surface area contributed by atoms with Crippen LogP contribution in [0.1, 0.15) is 5.56 Å². The van der Waals surface area contributed by atoms with Gasteiger partial charge in [0.25, 0.3) is 0 Å². The topological polar surface area (TPSA) is 21.6 Å². The first-order chi connectivity index (χ1) is 8.88. The highest BCUT2D eigenvalue weighted by atomic mass is 19.1. The van der Waals surface area contributed by atoms with E-state index in [-0.39, 0.29) is 6.61 Å². The van der Waals surface area contributed by atoms with Gasteiger partial charge < -0.3 is 4.74 Å². The fourth-order valence-corrected chi connectivity index (χ4v) is 1.47. The van der Waals surface area contributed by atoms with E-state index in [1.54, 1.807) is 6.21 Å². The number of para-hydroxylation sites is 1. The Kier molecular flexibility index (Phi) is 4.47. The van der Waals surface area contributed by atoms with Crippen LogP contribution in [-0.4, -0.2) is 19.5 Å². The molecule has 0 aliphatic heterocycles. The van der Waals surface area contributed by atoms with Gasteiger partial charge in [-0.2, -0.15) is 0 Å². The Morgan fingerprint density at radius 3 is 2.39 bits per heavy atom. The fourth-order valence-electron chi connectivity index (χ4n) is 1.47. The van der Waals surface area contributed by atoms with Gasteiger partial charge in [0.1, 0.15) is 19.0 Å². The zero-order valence-electron chi connectivity index (χ0n) is 9.92. The van der Waals surface area contributed by atoms with Crippen molar-refractivity contribution in [2.75, 3.05) is 13.3 Å². The number of benzene rings is 2. The first kappa shape index (κ1) is 12.3. The third-order valence-corrected chi connectivity index (χ3v) is 2.34. The highest BCUT2D eigenvalue weighted by Crippen LogP contribution is 2.13. The summed E-state index contributed by atoms with van der Waals surface area (Å²) >= 11 is 0. The highest BCUT2D eigenvalue weighted by molar-refractivity contribution is 5.82. The Morgan fingerprint density at radius 1 is 1.00 bits per heavy atom. The second-order valence-electron chi connectivity index (χ2n) is 3.70.